The fourth-order valence-corrected chi connectivity index (χ4v) is 3.09. The number of anilines is 2. The van der Waals surface area contributed by atoms with E-state index in [0.717, 1.165) is 17.1 Å². The van der Waals surface area contributed by atoms with Gasteiger partial charge in [-0.2, -0.15) is 5.10 Å². The molecule has 5 nitrogen and oxygen atoms in total. The minimum atomic E-state index is -0.618. The van der Waals surface area contributed by atoms with Crippen molar-refractivity contribution < 1.29 is 13.6 Å². The van der Waals surface area contributed by atoms with Crippen molar-refractivity contribution in [2.75, 3.05) is 11.1 Å². The van der Waals surface area contributed by atoms with E-state index >= 15 is 0 Å². The summed E-state index contributed by atoms with van der Waals surface area (Å²) in [5.41, 5.74) is 8.64. The monoisotopic (exact) mass is 378 g/mol. The number of aromatic nitrogens is 2. The topological polar surface area (TPSA) is 83.8 Å². The molecule has 0 aliphatic carbocycles. The number of carbonyl (C=O) groups excluding carboxylic acids is 1. The van der Waals surface area contributed by atoms with Crippen molar-refractivity contribution in [2.24, 2.45) is 0 Å². The molecule has 4 N–H and O–H groups in total. The number of hydrogen-bond acceptors (Lipinski definition) is 3. The number of aromatic amines is 1. The normalized spacial score (nSPS) is 10.9. The lowest BCUT2D eigenvalue weighted by atomic mass is 10.0. The average molecular weight is 378 g/mol. The van der Waals surface area contributed by atoms with Crippen LogP contribution in [0.3, 0.4) is 0 Å². The number of nitrogens with zero attached hydrogens (tertiary/aromatic N) is 1. The van der Waals surface area contributed by atoms with Crippen LogP contribution in [0.1, 0.15) is 21.5 Å². The first kappa shape index (κ1) is 17.7. The summed E-state index contributed by atoms with van der Waals surface area (Å²) in [4.78, 5) is 12.5. The Kier molecular flexibility index (Phi) is 4.49. The third-order valence-corrected chi connectivity index (χ3v) is 4.40. The molecule has 4 rings (SSSR count). The first-order valence-corrected chi connectivity index (χ1v) is 8.57. The van der Waals surface area contributed by atoms with Gasteiger partial charge in [-0.05, 0) is 53.9 Å². The molecule has 0 fully saturated rings. The minimum Gasteiger partial charge on any atom is -0.398 e. The Morgan fingerprint density at radius 1 is 1.00 bits per heavy atom. The highest BCUT2D eigenvalue weighted by molar-refractivity contribution is 6.10. The van der Waals surface area contributed by atoms with Crippen molar-refractivity contribution in [1.29, 1.82) is 0 Å². The second kappa shape index (κ2) is 7.11. The fourth-order valence-electron chi connectivity index (χ4n) is 3.09. The molecule has 4 aromatic rings. The predicted molar refractivity (Wildman–Crippen MR) is 104 cm³/mol. The van der Waals surface area contributed by atoms with E-state index in [-0.39, 0.29) is 5.91 Å². The average Bonchev–Trinajstić information content (AvgIpc) is 3.03. The van der Waals surface area contributed by atoms with Gasteiger partial charge in [0.05, 0.1) is 11.1 Å². The minimum absolute atomic E-state index is 0.342. The predicted octanol–water partition coefficient (Wildman–Crippen LogP) is 4.27. The number of carbonyl (C=O) groups is 1. The second-order valence-corrected chi connectivity index (χ2v) is 6.45. The quantitative estimate of drug-likeness (QED) is 0.464. The Morgan fingerprint density at radius 2 is 1.75 bits per heavy atom. The molecule has 0 aliphatic rings. The van der Waals surface area contributed by atoms with E-state index in [1.807, 2.05) is 12.1 Å². The van der Waals surface area contributed by atoms with Crippen LogP contribution in [-0.2, 0) is 6.42 Å². The van der Waals surface area contributed by atoms with Gasteiger partial charge >= 0.3 is 0 Å². The molecule has 3 aromatic carbocycles. The van der Waals surface area contributed by atoms with Crippen molar-refractivity contribution in [3.63, 3.8) is 0 Å². The first-order chi connectivity index (χ1) is 13.5. The number of para-hydroxylation sites is 1. The molecule has 1 amide bonds. The summed E-state index contributed by atoms with van der Waals surface area (Å²) in [6, 6.07) is 15.6. The van der Waals surface area contributed by atoms with Crippen LogP contribution >= 0.6 is 0 Å². The van der Waals surface area contributed by atoms with E-state index in [2.05, 4.69) is 15.5 Å². The number of halogens is 2. The molecule has 1 aromatic heterocycles. The number of rotatable bonds is 4. The van der Waals surface area contributed by atoms with E-state index in [9.17, 15) is 13.6 Å². The first-order valence-electron chi connectivity index (χ1n) is 8.57. The van der Waals surface area contributed by atoms with Gasteiger partial charge in [-0.25, -0.2) is 8.78 Å². The van der Waals surface area contributed by atoms with Gasteiger partial charge < -0.3 is 11.1 Å². The van der Waals surface area contributed by atoms with Crippen molar-refractivity contribution in [2.45, 2.75) is 6.42 Å². The van der Waals surface area contributed by atoms with Gasteiger partial charge in [0.2, 0.25) is 0 Å². The summed E-state index contributed by atoms with van der Waals surface area (Å²) >= 11 is 0. The largest absolute Gasteiger partial charge is 0.398 e. The highest BCUT2D eigenvalue weighted by Gasteiger charge is 2.14. The maximum Gasteiger partial charge on any atom is 0.258 e. The molecule has 0 saturated carbocycles. The van der Waals surface area contributed by atoms with Crippen LogP contribution < -0.4 is 11.1 Å². The van der Waals surface area contributed by atoms with Gasteiger partial charge in [0.15, 0.2) is 5.82 Å². The van der Waals surface area contributed by atoms with Crippen LogP contribution in [0.2, 0.25) is 0 Å². The molecule has 140 valence electrons. The van der Waals surface area contributed by atoms with Gasteiger partial charge in [-0.15, -0.1) is 0 Å². The molecule has 0 spiro atoms. The van der Waals surface area contributed by atoms with Crippen LogP contribution in [0.25, 0.3) is 10.9 Å². The molecule has 7 heteroatoms. The Hall–Kier alpha value is -3.74. The lowest BCUT2D eigenvalue weighted by molar-refractivity contribution is 0.102. The summed E-state index contributed by atoms with van der Waals surface area (Å²) in [6.07, 6.45) is 0.342. The SMILES string of the molecule is Nc1ccccc1C(=O)Nc1n[nH]c2ccc(Cc3cc(F)cc(F)c3)cc12. The number of fused-ring (bicyclic) bond motifs is 1. The molecule has 0 unspecified atom stereocenters. The lowest BCUT2D eigenvalue weighted by Gasteiger charge is -2.06. The van der Waals surface area contributed by atoms with Crippen LogP contribution in [0.5, 0.6) is 0 Å². The molecular weight excluding hydrogens is 362 g/mol. The summed E-state index contributed by atoms with van der Waals surface area (Å²) in [5, 5.41) is 10.4. The zero-order valence-electron chi connectivity index (χ0n) is 14.7. The number of benzene rings is 3. The molecule has 0 radical (unpaired) electrons. The lowest BCUT2D eigenvalue weighted by Crippen LogP contribution is -2.14. The van der Waals surface area contributed by atoms with E-state index in [4.69, 9.17) is 5.73 Å². The van der Waals surface area contributed by atoms with E-state index in [1.165, 1.54) is 12.1 Å². The number of nitrogens with one attached hydrogen (secondary N) is 2. The van der Waals surface area contributed by atoms with Crippen molar-refractivity contribution in [3.8, 4) is 0 Å². The van der Waals surface area contributed by atoms with E-state index in [1.54, 1.807) is 30.3 Å². The number of nitrogens with two attached hydrogens (primary N) is 1. The highest BCUT2D eigenvalue weighted by atomic mass is 19.1. The standard InChI is InChI=1S/C21H16F2N4O/c22-14-8-13(9-15(23)11-14)7-12-5-6-19-17(10-12)20(27-26-19)25-21(28)16-3-1-2-4-18(16)24/h1-6,8-11H,7,24H2,(H2,25,26,27,28). The van der Waals surface area contributed by atoms with Crippen molar-refractivity contribution in [1.82, 2.24) is 10.2 Å². The molecule has 0 atom stereocenters. The zero-order chi connectivity index (χ0) is 19.7. The molecule has 0 aliphatic heterocycles. The number of amides is 1. The zero-order valence-corrected chi connectivity index (χ0v) is 14.7. The maximum atomic E-state index is 13.4. The van der Waals surface area contributed by atoms with Gasteiger partial charge in [0.1, 0.15) is 11.6 Å². The molecule has 0 bridgehead atoms. The second-order valence-electron chi connectivity index (χ2n) is 6.45. The summed E-state index contributed by atoms with van der Waals surface area (Å²) in [5.74, 6) is -1.25. The van der Waals surface area contributed by atoms with Crippen LogP contribution in [-0.4, -0.2) is 16.1 Å². The molecule has 1 heterocycles. The number of H-pyrrole nitrogens is 1. The summed E-state index contributed by atoms with van der Waals surface area (Å²) in [7, 11) is 0. The van der Waals surface area contributed by atoms with E-state index < -0.39 is 11.6 Å². The summed E-state index contributed by atoms with van der Waals surface area (Å²) < 4.78 is 26.8. The van der Waals surface area contributed by atoms with E-state index in [0.29, 0.717) is 34.4 Å². The van der Waals surface area contributed by atoms with Gasteiger partial charge in [-0.1, -0.05) is 18.2 Å². The molecular formula is C21H16F2N4O. The Balaban J connectivity index is 1.63. The van der Waals surface area contributed by atoms with Crippen molar-refractivity contribution in [3.05, 3.63) is 89.0 Å². The van der Waals surface area contributed by atoms with Crippen LogP contribution in [0.15, 0.2) is 60.7 Å². The molecule has 0 saturated heterocycles. The molecule has 28 heavy (non-hydrogen) atoms. The smallest absolute Gasteiger partial charge is 0.258 e. The Labute approximate surface area is 159 Å². The Morgan fingerprint density at radius 3 is 2.50 bits per heavy atom. The summed E-state index contributed by atoms with van der Waals surface area (Å²) in [6.45, 7) is 0. The number of hydrogen-bond donors (Lipinski definition) is 3. The fraction of sp³-hybridized carbons (Fsp3) is 0.0476. The van der Waals surface area contributed by atoms with Crippen LogP contribution in [0, 0.1) is 11.6 Å². The van der Waals surface area contributed by atoms with Crippen molar-refractivity contribution >= 4 is 28.3 Å². The number of nitrogen functional groups attached to an aromatic ring is 1. The third-order valence-electron chi connectivity index (χ3n) is 4.40. The van der Waals surface area contributed by atoms with Gasteiger partial charge in [-0.3, -0.25) is 9.89 Å². The maximum absolute atomic E-state index is 13.4. The Bertz CT molecular complexity index is 1170. The van der Waals surface area contributed by atoms with Crippen LogP contribution in [0.4, 0.5) is 20.3 Å². The third kappa shape index (κ3) is 3.55. The van der Waals surface area contributed by atoms with Gasteiger partial charge in [0.25, 0.3) is 5.91 Å². The highest BCUT2D eigenvalue weighted by Crippen LogP contribution is 2.24. The van der Waals surface area contributed by atoms with Gasteiger partial charge in [0, 0.05) is 17.1 Å².